The topological polar surface area (TPSA) is 31.2 Å². The molecule has 0 amide bonds. The highest BCUT2D eigenvalue weighted by Gasteiger charge is 2.24. The normalized spacial score (nSPS) is 11.8. The van der Waals surface area contributed by atoms with Crippen LogP contribution in [0.4, 0.5) is 0 Å². The predicted octanol–water partition coefficient (Wildman–Crippen LogP) is 24.2. The molecule has 414 valence electrons. The van der Waals surface area contributed by atoms with Crippen molar-refractivity contribution in [3.63, 3.8) is 0 Å². The van der Waals surface area contributed by atoms with Gasteiger partial charge in [-0.25, -0.2) is 0 Å². The van der Waals surface area contributed by atoms with Crippen LogP contribution in [0, 0.1) is 0 Å². The van der Waals surface area contributed by atoms with E-state index in [-0.39, 0.29) is 0 Å². The van der Waals surface area contributed by atoms with Gasteiger partial charge in [-0.3, -0.25) is 0 Å². The van der Waals surface area contributed by atoms with Crippen LogP contribution in [0.1, 0.15) is 0 Å². The maximum atomic E-state index is 7.07. The number of fused-ring (bicyclic) bond motifs is 11. The van der Waals surface area contributed by atoms with Gasteiger partial charge in [0.25, 0.3) is 0 Å². The molecule has 15 aromatic carbocycles. The van der Waals surface area contributed by atoms with Gasteiger partial charge in [-0.1, -0.05) is 249 Å². The van der Waals surface area contributed by atoms with Gasteiger partial charge >= 0.3 is 0 Å². The molecule has 0 bridgehead atoms. The lowest BCUT2D eigenvalue weighted by atomic mass is 9.86. The second-order valence-corrected chi connectivity index (χ2v) is 23.4. The average Bonchev–Trinajstić information content (AvgIpc) is 1.87. The third kappa shape index (κ3) is 8.35. The molecular formula is C86H53NO2. The van der Waals surface area contributed by atoms with E-state index in [9.17, 15) is 0 Å². The molecule has 0 unspecified atom stereocenters. The minimum absolute atomic E-state index is 0.855. The molecule has 0 N–H and O–H groups in total. The lowest BCUT2D eigenvalue weighted by Crippen LogP contribution is -1.97. The zero-order chi connectivity index (χ0) is 58.5. The summed E-state index contributed by atoms with van der Waals surface area (Å²) in [6.45, 7) is 0. The summed E-state index contributed by atoms with van der Waals surface area (Å²) in [5, 5.41) is 11.4. The Bertz CT molecular complexity index is 5550. The number of aromatic nitrogens is 1. The molecule has 0 atom stereocenters. The highest BCUT2D eigenvalue weighted by molar-refractivity contribution is 6.23. The van der Waals surface area contributed by atoms with Crippen LogP contribution in [-0.2, 0) is 0 Å². The molecular weight excluding hydrogens is 1080 g/mol. The van der Waals surface area contributed by atoms with Crippen molar-refractivity contribution in [2.24, 2.45) is 0 Å². The average molecular weight is 1130 g/mol. The second-order valence-electron chi connectivity index (χ2n) is 23.4. The zero-order valence-electron chi connectivity index (χ0n) is 48.4. The number of rotatable bonds is 9. The van der Waals surface area contributed by atoms with Gasteiger partial charge in [-0.15, -0.1) is 0 Å². The Labute approximate surface area is 513 Å². The molecule has 0 saturated heterocycles. The highest BCUT2D eigenvalue weighted by Crippen LogP contribution is 2.48. The summed E-state index contributed by atoms with van der Waals surface area (Å²) in [4.78, 5) is 0. The Balaban J connectivity index is 0.927. The number of nitrogens with zero attached hydrogens (tertiary/aromatic N) is 1. The summed E-state index contributed by atoms with van der Waals surface area (Å²) in [5.41, 5.74) is 24.8. The largest absolute Gasteiger partial charge is 0.455 e. The van der Waals surface area contributed by atoms with Crippen LogP contribution in [0.2, 0.25) is 0 Å². The van der Waals surface area contributed by atoms with Gasteiger partial charge in [-0.05, 0) is 172 Å². The molecule has 0 fully saturated rings. The Morgan fingerprint density at radius 2 is 0.528 bits per heavy atom. The van der Waals surface area contributed by atoms with E-state index in [1.54, 1.807) is 0 Å². The first-order chi connectivity index (χ1) is 44.1. The fraction of sp³-hybridized carbons (Fsp3) is 0. The van der Waals surface area contributed by atoms with Crippen molar-refractivity contribution in [1.82, 2.24) is 4.57 Å². The van der Waals surface area contributed by atoms with Crippen LogP contribution < -0.4 is 0 Å². The van der Waals surface area contributed by atoms with E-state index in [1.807, 2.05) is 0 Å². The molecule has 3 heteroatoms. The fourth-order valence-corrected chi connectivity index (χ4v) is 14.2. The summed E-state index contributed by atoms with van der Waals surface area (Å²) in [6.07, 6.45) is 0. The number of benzene rings is 15. The van der Waals surface area contributed by atoms with E-state index < -0.39 is 0 Å². The van der Waals surface area contributed by atoms with Gasteiger partial charge in [0.05, 0.1) is 11.0 Å². The highest BCUT2D eigenvalue weighted by atomic mass is 16.3. The summed E-state index contributed by atoms with van der Waals surface area (Å²) >= 11 is 0. The van der Waals surface area contributed by atoms with Crippen LogP contribution in [0.15, 0.2) is 330 Å². The Hall–Kier alpha value is -11.8. The van der Waals surface area contributed by atoms with Crippen molar-refractivity contribution < 1.29 is 8.83 Å². The molecule has 3 heterocycles. The molecule has 18 aromatic rings. The smallest absolute Gasteiger partial charge is 0.143 e. The summed E-state index contributed by atoms with van der Waals surface area (Å²) in [5.74, 6) is 0. The van der Waals surface area contributed by atoms with Gasteiger partial charge in [0.15, 0.2) is 0 Å². The summed E-state index contributed by atoms with van der Waals surface area (Å²) < 4.78 is 16.6. The van der Waals surface area contributed by atoms with Crippen LogP contribution in [0.5, 0.6) is 0 Å². The van der Waals surface area contributed by atoms with Crippen LogP contribution >= 0.6 is 0 Å². The van der Waals surface area contributed by atoms with Crippen molar-refractivity contribution in [1.29, 1.82) is 0 Å². The summed E-state index contributed by atoms with van der Waals surface area (Å²) in [7, 11) is 0. The van der Waals surface area contributed by atoms with Crippen LogP contribution in [0.3, 0.4) is 0 Å². The predicted molar refractivity (Wildman–Crippen MR) is 374 cm³/mol. The van der Waals surface area contributed by atoms with Crippen LogP contribution in [-0.4, -0.2) is 4.57 Å². The molecule has 0 saturated carbocycles. The number of hydrogen-bond acceptors (Lipinski definition) is 2. The fourth-order valence-electron chi connectivity index (χ4n) is 14.2. The van der Waals surface area contributed by atoms with E-state index >= 15 is 0 Å². The van der Waals surface area contributed by atoms with E-state index in [0.29, 0.717) is 0 Å². The van der Waals surface area contributed by atoms with Crippen molar-refractivity contribution in [2.75, 3.05) is 0 Å². The lowest BCUT2D eigenvalue weighted by molar-refractivity contribution is 0.669. The summed E-state index contributed by atoms with van der Waals surface area (Å²) in [6, 6.07) is 117. The van der Waals surface area contributed by atoms with E-state index in [2.05, 4.69) is 326 Å². The van der Waals surface area contributed by atoms with Crippen LogP contribution in [0.25, 0.3) is 182 Å². The Morgan fingerprint density at radius 1 is 0.191 bits per heavy atom. The van der Waals surface area contributed by atoms with Crippen molar-refractivity contribution in [3.05, 3.63) is 322 Å². The monoisotopic (exact) mass is 1130 g/mol. The lowest BCUT2D eigenvalue weighted by Gasteiger charge is -2.19. The van der Waals surface area contributed by atoms with E-state index in [0.717, 1.165) is 127 Å². The van der Waals surface area contributed by atoms with Crippen molar-refractivity contribution in [2.45, 2.75) is 0 Å². The maximum absolute atomic E-state index is 7.07. The second kappa shape index (κ2) is 20.4. The quantitative estimate of drug-likeness (QED) is 0.135. The van der Waals surface area contributed by atoms with Gasteiger partial charge < -0.3 is 13.4 Å². The SMILES string of the molecule is c1ccc(-c2ccc3oc4c(-c5ccc6c7ccc(-c8cc(-c9ccccc9)cc9c8oc8ccc(-c%10ccccc%10)cc89)cc7n(-c7ccc8c(-c9ccccc9)c9ccccc9c(-c9ccccc9)c8c7)c6c5)cc(-c5ccccc5)cc4c3c2)cc1. The zero-order valence-corrected chi connectivity index (χ0v) is 48.4. The molecule has 0 aliphatic heterocycles. The Kier molecular flexibility index (Phi) is 11.6. The molecule has 3 aromatic heterocycles. The third-order valence-electron chi connectivity index (χ3n) is 18.4. The number of hydrogen-bond donors (Lipinski definition) is 0. The molecule has 3 nitrogen and oxygen atoms in total. The maximum Gasteiger partial charge on any atom is 0.143 e. The van der Waals surface area contributed by atoms with Crippen molar-refractivity contribution in [3.8, 4) is 94.7 Å². The molecule has 0 aliphatic rings. The minimum Gasteiger partial charge on any atom is -0.455 e. The van der Waals surface area contributed by atoms with Gasteiger partial charge in [0.2, 0.25) is 0 Å². The molecule has 0 aliphatic carbocycles. The third-order valence-corrected chi connectivity index (χ3v) is 18.4. The van der Waals surface area contributed by atoms with Gasteiger partial charge in [-0.2, -0.15) is 0 Å². The molecule has 18 rings (SSSR count). The van der Waals surface area contributed by atoms with Crippen molar-refractivity contribution >= 4 is 87.2 Å². The van der Waals surface area contributed by atoms with Gasteiger partial charge in [0.1, 0.15) is 22.3 Å². The minimum atomic E-state index is 0.855. The first kappa shape index (κ1) is 50.5. The molecule has 89 heavy (non-hydrogen) atoms. The van der Waals surface area contributed by atoms with E-state index in [4.69, 9.17) is 8.83 Å². The Morgan fingerprint density at radius 3 is 0.955 bits per heavy atom. The number of furan rings is 2. The first-order valence-electron chi connectivity index (χ1n) is 30.5. The molecule has 0 radical (unpaired) electrons. The first-order valence-corrected chi connectivity index (χ1v) is 30.5. The molecule has 0 spiro atoms. The van der Waals surface area contributed by atoms with E-state index in [1.165, 1.54) is 54.9 Å². The standard InChI is InChI=1S/C86H53NO2/c1-7-21-54(22-8-1)60-37-43-81-74(45-60)77-49-64(56-25-11-3-12-26-56)47-72(85(77)88-81)62-35-40-67-68-41-36-63(73-48-65(57-27-13-4-14-28-57)50-78-75-46-61(55-23-9-2-10-24-55)38-44-82(75)89-86(73)78)52-80(68)87(79(67)51-62)66-39-42-71-76(53-66)84(59-31-17-6-18-32-59)70-34-20-19-33-69(70)83(71)58-29-15-5-16-30-58/h1-53H. The van der Waals surface area contributed by atoms with Gasteiger partial charge in [0, 0.05) is 49.1 Å².